The van der Waals surface area contributed by atoms with E-state index in [9.17, 15) is 0 Å². The molecule has 0 radical (unpaired) electrons. The fourth-order valence-electron chi connectivity index (χ4n) is 2.68. The lowest BCUT2D eigenvalue weighted by molar-refractivity contribution is 0.325. The van der Waals surface area contributed by atoms with Gasteiger partial charge in [0.2, 0.25) is 0 Å². The molecule has 0 fully saturated rings. The van der Waals surface area contributed by atoms with Crippen LogP contribution in [0.15, 0.2) is 42.5 Å². The maximum Gasteiger partial charge on any atom is 0.128 e. The Hall–Kier alpha value is -2.37. The lowest BCUT2D eigenvalue weighted by Crippen LogP contribution is -2.27. The van der Waals surface area contributed by atoms with E-state index < -0.39 is 0 Å². The molecule has 0 aliphatic carbocycles. The van der Waals surface area contributed by atoms with Gasteiger partial charge in [0, 0.05) is 25.0 Å². The number of nitrogens with zero attached hydrogens (tertiary/aromatic N) is 2. The van der Waals surface area contributed by atoms with Crippen molar-refractivity contribution >= 4 is 10.9 Å². The van der Waals surface area contributed by atoms with E-state index in [0.29, 0.717) is 0 Å². The van der Waals surface area contributed by atoms with Gasteiger partial charge in [-0.15, -0.1) is 0 Å². The number of aromatic nitrogens is 2. The number of benzene rings is 2. The molecule has 0 atom stereocenters. The highest BCUT2D eigenvalue weighted by Gasteiger charge is 2.10. The van der Waals surface area contributed by atoms with Crippen molar-refractivity contribution in [1.82, 2.24) is 20.4 Å². The second kappa shape index (κ2) is 7.47. The van der Waals surface area contributed by atoms with E-state index in [1.165, 1.54) is 5.56 Å². The SMILES string of the molecule is CNCCN(C)Cc1n[nH]c2ccc(Oc3cccc(C)c3)cc12. The maximum absolute atomic E-state index is 6.00. The van der Waals surface area contributed by atoms with Crippen molar-refractivity contribution in [2.24, 2.45) is 0 Å². The minimum Gasteiger partial charge on any atom is -0.457 e. The number of nitrogens with one attached hydrogen (secondary N) is 2. The van der Waals surface area contributed by atoms with Crippen molar-refractivity contribution in [3.8, 4) is 11.5 Å². The fourth-order valence-corrected chi connectivity index (χ4v) is 2.68. The van der Waals surface area contributed by atoms with Gasteiger partial charge in [-0.2, -0.15) is 5.10 Å². The Bertz CT molecular complexity index is 812. The number of rotatable bonds is 7. The molecule has 24 heavy (non-hydrogen) atoms. The molecule has 2 N–H and O–H groups in total. The van der Waals surface area contributed by atoms with Gasteiger partial charge in [-0.1, -0.05) is 12.1 Å². The zero-order chi connectivity index (χ0) is 16.9. The van der Waals surface area contributed by atoms with Crippen molar-refractivity contribution < 1.29 is 4.74 Å². The summed E-state index contributed by atoms with van der Waals surface area (Å²) in [7, 11) is 4.07. The topological polar surface area (TPSA) is 53.2 Å². The third-order valence-electron chi connectivity index (χ3n) is 4.00. The molecule has 1 heterocycles. The van der Waals surface area contributed by atoms with Crippen molar-refractivity contribution in [3.05, 3.63) is 53.7 Å². The number of hydrogen-bond donors (Lipinski definition) is 2. The largest absolute Gasteiger partial charge is 0.457 e. The van der Waals surface area contributed by atoms with E-state index in [1.54, 1.807) is 0 Å². The first-order valence-corrected chi connectivity index (χ1v) is 8.20. The van der Waals surface area contributed by atoms with E-state index >= 15 is 0 Å². The molecule has 1 aromatic heterocycles. The second-order valence-corrected chi connectivity index (χ2v) is 6.14. The molecule has 0 spiro atoms. The van der Waals surface area contributed by atoms with Gasteiger partial charge in [0.05, 0.1) is 11.2 Å². The standard InChI is InChI=1S/C19H24N4O/c1-14-5-4-6-15(11-14)24-16-7-8-18-17(12-16)19(22-21-18)13-23(3)10-9-20-2/h4-8,11-12,20H,9-10,13H2,1-3H3,(H,21,22). The summed E-state index contributed by atoms with van der Waals surface area (Å²) in [6, 6.07) is 14.1. The van der Waals surface area contributed by atoms with Crippen LogP contribution in [0.1, 0.15) is 11.3 Å². The molecule has 126 valence electrons. The molecule has 0 saturated heterocycles. The molecular weight excluding hydrogens is 300 g/mol. The summed E-state index contributed by atoms with van der Waals surface area (Å²) in [5, 5.41) is 11.8. The summed E-state index contributed by atoms with van der Waals surface area (Å²) < 4.78 is 6.00. The van der Waals surface area contributed by atoms with E-state index in [-0.39, 0.29) is 0 Å². The Kier molecular flexibility index (Phi) is 5.13. The molecular formula is C19H24N4O. The third-order valence-corrected chi connectivity index (χ3v) is 4.00. The van der Waals surface area contributed by atoms with E-state index in [1.807, 2.05) is 37.4 Å². The maximum atomic E-state index is 6.00. The highest BCUT2D eigenvalue weighted by molar-refractivity contribution is 5.82. The quantitative estimate of drug-likeness (QED) is 0.700. The van der Waals surface area contributed by atoms with Gasteiger partial charge >= 0.3 is 0 Å². The minimum absolute atomic E-state index is 0.801. The Morgan fingerprint density at radius 1 is 1.17 bits per heavy atom. The number of aromatic amines is 1. The smallest absolute Gasteiger partial charge is 0.128 e. The number of likely N-dealkylation sites (N-methyl/N-ethyl adjacent to an activating group) is 2. The first-order chi connectivity index (χ1) is 11.7. The van der Waals surface area contributed by atoms with Crippen LogP contribution in [0.5, 0.6) is 11.5 Å². The number of hydrogen-bond acceptors (Lipinski definition) is 4. The molecule has 5 heteroatoms. The van der Waals surface area contributed by atoms with E-state index in [4.69, 9.17) is 4.74 Å². The van der Waals surface area contributed by atoms with Gasteiger partial charge in [-0.05, 0) is 56.9 Å². The Labute approximate surface area is 142 Å². The third kappa shape index (κ3) is 3.93. The monoisotopic (exact) mass is 324 g/mol. The van der Waals surface area contributed by atoms with Crippen molar-refractivity contribution in [2.45, 2.75) is 13.5 Å². The van der Waals surface area contributed by atoms with Crippen molar-refractivity contribution in [1.29, 1.82) is 0 Å². The predicted molar refractivity (Wildman–Crippen MR) is 97.6 cm³/mol. The summed E-state index contributed by atoms with van der Waals surface area (Å²) in [6.07, 6.45) is 0. The Morgan fingerprint density at radius 3 is 2.79 bits per heavy atom. The second-order valence-electron chi connectivity index (χ2n) is 6.14. The molecule has 0 amide bonds. The molecule has 2 aromatic carbocycles. The van der Waals surface area contributed by atoms with Crippen LogP contribution in [-0.2, 0) is 6.54 Å². The highest BCUT2D eigenvalue weighted by Crippen LogP contribution is 2.27. The molecule has 3 rings (SSSR count). The minimum atomic E-state index is 0.801. The van der Waals surface area contributed by atoms with Crippen molar-refractivity contribution in [2.75, 3.05) is 27.2 Å². The van der Waals surface area contributed by atoms with Gasteiger partial charge < -0.3 is 10.1 Å². The van der Waals surface area contributed by atoms with Crippen LogP contribution in [0.3, 0.4) is 0 Å². The average molecular weight is 324 g/mol. The highest BCUT2D eigenvalue weighted by atomic mass is 16.5. The molecule has 0 bridgehead atoms. The zero-order valence-electron chi connectivity index (χ0n) is 14.5. The van der Waals surface area contributed by atoms with Crippen LogP contribution in [0.4, 0.5) is 0 Å². The van der Waals surface area contributed by atoms with E-state index in [0.717, 1.165) is 47.7 Å². The molecule has 5 nitrogen and oxygen atoms in total. The molecule has 0 aliphatic rings. The molecule has 0 unspecified atom stereocenters. The summed E-state index contributed by atoms with van der Waals surface area (Å²) in [6.45, 7) is 4.80. The predicted octanol–water partition coefficient (Wildman–Crippen LogP) is 3.31. The number of aryl methyl sites for hydroxylation is 1. The van der Waals surface area contributed by atoms with Crippen LogP contribution in [0.2, 0.25) is 0 Å². The first-order valence-electron chi connectivity index (χ1n) is 8.20. The summed E-state index contributed by atoms with van der Waals surface area (Å²) in [4.78, 5) is 2.25. The lowest BCUT2D eigenvalue weighted by Gasteiger charge is -2.15. The van der Waals surface area contributed by atoms with Crippen LogP contribution in [-0.4, -0.2) is 42.3 Å². The van der Waals surface area contributed by atoms with Gasteiger partial charge in [0.1, 0.15) is 11.5 Å². The molecule has 3 aromatic rings. The van der Waals surface area contributed by atoms with Gasteiger partial charge in [0.25, 0.3) is 0 Å². The van der Waals surface area contributed by atoms with Crippen LogP contribution in [0, 0.1) is 6.92 Å². The Balaban J connectivity index is 1.80. The van der Waals surface area contributed by atoms with Crippen LogP contribution < -0.4 is 10.1 Å². The number of H-pyrrole nitrogens is 1. The number of fused-ring (bicyclic) bond motifs is 1. The summed E-state index contributed by atoms with van der Waals surface area (Å²) >= 11 is 0. The molecule has 0 saturated carbocycles. The van der Waals surface area contributed by atoms with Gasteiger partial charge in [-0.25, -0.2) is 0 Å². The average Bonchev–Trinajstić information content (AvgIpc) is 2.95. The van der Waals surface area contributed by atoms with Gasteiger partial charge in [0.15, 0.2) is 0 Å². The first kappa shape index (κ1) is 16.5. The fraction of sp³-hybridized carbons (Fsp3) is 0.316. The van der Waals surface area contributed by atoms with E-state index in [2.05, 4.69) is 46.5 Å². The van der Waals surface area contributed by atoms with Gasteiger partial charge in [-0.3, -0.25) is 10.00 Å². The Morgan fingerprint density at radius 2 is 2.00 bits per heavy atom. The lowest BCUT2D eigenvalue weighted by atomic mass is 10.2. The molecule has 0 aliphatic heterocycles. The summed E-state index contributed by atoms with van der Waals surface area (Å²) in [5.41, 5.74) is 3.26. The summed E-state index contributed by atoms with van der Waals surface area (Å²) in [5.74, 6) is 1.68. The zero-order valence-corrected chi connectivity index (χ0v) is 14.5. The number of ether oxygens (including phenoxy) is 1. The van der Waals surface area contributed by atoms with Crippen LogP contribution >= 0.6 is 0 Å². The normalized spacial score (nSPS) is 11.3. The van der Waals surface area contributed by atoms with Crippen molar-refractivity contribution in [3.63, 3.8) is 0 Å². The van der Waals surface area contributed by atoms with Crippen LogP contribution in [0.25, 0.3) is 10.9 Å².